The molecule has 142 valence electrons. The number of nitrogens with two attached hydrogens (primary N) is 1. The average molecular weight is 385 g/mol. The molecule has 1 fully saturated rings. The molecule has 0 spiro atoms. The van der Waals surface area contributed by atoms with Crippen molar-refractivity contribution < 1.29 is 27.1 Å². The summed E-state index contributed by atoms with van der Waals surface area (Å²) >= 11 is 0. The Hall–Kier alpha value is -1.38. The van der Waals surface area contributed by atoms with Crippen LogP contribution in [0.1, 0.15) is 30.4 Å². The highest BCUT2D eigenvalue weighted by Gasteiger charge is 2.33. The molecule has 0 bridgehead atoms. The number of hydrogen-bond donors (Lipinski definition) is 2. The zero-order valence-corrected chi connectivity index (χ0v) is 14.4. The molecule has 0 aliphatic heterocycles. The Morgan fingerprint density at radius 1 is 1.36 bits per heavy atom. The first-order chi connectivity index (χ1) is 11.2. The maximum absolute atomic E-state index is 13.8. The van der Waals surface area contributed by atoms with Crippen molar-refractivity contribution in [2.45, 2.75) is 44.1 Å². The van der Waals surface area contributed by atoms with E-state index in [-0.39, 0.29) is 48.5 Å². The number of carbonyl (C=O) groups excluding carboxylic acids is 1. The average Bonchev–Trinajstić information content (AvgIpc) is 2.52. The largest absolute Gasteiger partial charge is 0.416 e. The molecule has 1 amide bonds. The van der Waals surface area contributed by atoms with E-state index in [0.717, 1.165) is 12.1 Å². The van der Waals surface area contributed by atoms with Crippen molar-refractivity contribution in [1.29, 1.82) is 0 Å². The summed E-state index contributed by atoms with van der Waals surface area (Å²) < 4.78 is 56.5. The summed E-state index contributed by atoms with van der Waals surface area (Å²) in [7, 11) is 1.53. The third-order valence-corrected chi connectivity index (χ3v) is 4.35. The molecule has 1 aliphatic carbocycles. The van der Waals surface area contributed by atoms with Crippen molar-refractivity contribution in [1.82, 2.24) is 5.32 Å². The van der Waals surface area contributed by atoms with E-state index in [1.165, 1.54) is 7.11 Å². The minimum Gasteiger partial charge on any atom is -0.380 e. The van der Waals surface area contributed by atoms with Crippen LogP contribution in [0.3, 0.4) is 0 Å². The normalized spacial score (nSPS) is 23.7. The van der Waals surface area contributed by atoms with E-state index < -0.39 is 17.6 Å². The molecule has 4 nitrogen and oxygen atoms in total. The zero-order valence-electron chi connectivity index (χ0n) is 13.6. The molecule has 0 saturated heterocycles. The highest BCUT2D eigenvalue weighted by molar-refractivity contribution is 5.85. The van der Waals surface area contributed by atoms with Gasteiger partial charge in [-0.05, 0) is 31.4 Å². The summed E-state index contributed by atoms with van der Waals surface area (Å²) in [5, 5.41) is 2.57. The molecule has 1 aliphatic rings. The van der Waals surface area contributed by atoms with Crippen molar-refractivity contribution in [2.24, 2.45) is 11.7 Å². The van der Waals surface area contributed by atoms with Crippen molar-refractivity contribution in [3.63, 3.8) is 0 Å². The van der Waals surface area contributed by atoms with Crippen molar-refractivity contribution >= 4 is 18.3 Å². The van der Waals surface area contributed by atoms with E-state index in [1.807, 2.05) is 0 Å². The van der Waals surface area contributed by atoms with Crippen LogP contribution in [-0.2, 0) is 22.3 Å². The number of alkyl halides is 3. The summed E-state index contributed by atoms with van der Waals surface area (Å²) in [6.45, 7) is -0.164. The number of benzene rings is 1. The third-order valence-electron chi connectivity index (χ3n) is 4.35. The van der Waals surface area contributed by atoms with Crippen LogP contribution in [0.25, 0.3) is 0 Å². The highest BCUT2D eigenvalue weighted by atomic mass is 35.5. The minimum absolute atomic E-state index is 0. The second kappa shape index (κ2) is 8.82. The molecule has 0 radical (unpaired) electrons. The molecular formula is C16H21ClF4N2O2. The summed E-state index contributed by atoms with van der Waals surface area (Å²) in [6, 6.07) is 2.15. The van der Waals surface area contributed by atoms with Crippen LogP contribution in [0.2, 0.25) is 0 Å². The Morgan fingerprint density at radius 2 is 2.04 bits per heavy atom. The SMILES string of the molecule is CO[C@@H]1C[C@@H](C(=O)NCc2ccc(C(F)(F)F)cc2F)CC[C@H]1N.Cl. The fourth-order valence-electron chi connectivity index (χ4n) is 2.86. The van der Waals surface area contributed by atoms with Crippen LogP contribution in [-0.4, -0.2) is 25.2 Å². The number of rotatable bonds is 4. The van der Waals surface area contributed by atoms with Gasteiger partial charge in [0.05, 0.1) is 11.7 Å². The lowest BCUT2D eigenvalue weighted by Crippen LogP contribution is -2.45. The molecule has 9 heteroatoms. The summed E-state index contributed by atoms with van der Waals surface area (Å²) in [5.74, 6) is -1.57. The van der Waals surface area contributed by atoms with Gasteiger partial charge in [-0.2, -0.15) is 13.2 Å². The summed E-state index contributed by atoms with van der Waals surface area (Å²) in [5.41, 5.74) is 4.84. The second-order valence-corrected chi connectivity index (χ2v) is 5.97. The molecule has 2 rings (SSSR count). The van der Waals surface area contributed by atoms with Gasteiger partial charge in [-0.25, -0.2) is 4.39 Å². The number of nitrogens with one attached hydrogen (secondary N) is 1. The van der Waals surface area contributed by atoms with Gasteiger partial charge in [0, 0.05) is 31.2 Å². The zero-order chi connectivity index (χ0) is 17.9. The van der Waals surface area contributed by atoms with Crippen LogP contribution < -0.4 is 11.1 Å². The van der Waals surface area contributed by atoms with E-state index >= 15 is 0 Å². The van der Waals surface area contributed by atoms with Crippen LogP contribution in [0, 0.1) is 11.7 Å². The van der Waals surface area contributed by atoms with Crippen LogP contribution in [0.15, 0.2) is 18.2 Å². The Kier molecular flexibility index (Phi) is 7.64. The van der Waals surface area contributed by atoms with Crippen LogP contribution in [0.5, 0.6) is 0 Å². The molecule has 25 heavy (non-hydrogen) atoms. The predicted octanol–water partition coefficient (Wildman–Crippen LogP) is 3.02. The maximum Gasteiger partial charge on any atom is 0.416 e. The topological polar surface area (TPSA) is 64.3 Å². The monoisotopic (exact) mass is 384 g/mol. The fraction of sp³-hybridized carbons (Fsp3) is 0.562. The molecule has 1 aromatic carbocycles. The number of hydrogen-bond acceptors (Lipinski definition) is 3. The van der Waals surface area contributed by atoms with E-state index in [9.17, 15) is 22.4 Å². The maximum atomic E-state index is 13.8. The molecule has 1 saturated carbocycles. The first kappa shape index (κ1) is 21.7. The lowest BCUT2D eigenvalue weighted by Gasteiger charge is -2.32. The van der Waals surface area contributed by atoms with Crippen molar-refractivity contribution in [2.75, 3.05) is 7.11 Å². The fourth-order valence-corrected chi connectivity index (χ4v) is 2.86. The molecule has 0 unspecified atom stereocenters. The van der Waals surface area contributed by atoms with Gasteiger partial charge in [0.15, 0.2) is 0 Å². The van der Waals surface area contributed by atoms with Crippen molar-refractivity contribution in [3.05, 3.63) is 35.1 Å². The van der Waals surface area contributed by atoms with Crippen molar-refractivity contribution in [3.8, 4) is 0 Å². The first-order valence-electron chi connectivity index (χ1n) is 7.64. The molecule has 3 N–H and O–H groups in total. The van der Waals surface area contributed by atoms with Gasteiger partial charge in [0.1, 0.15) is 5.82 Å². The number of amides is 1. The molecule has 3 atom stereocenters. The van der Waals surface area contributed by atoms with Gasteiger partial charge in [-0.3, -0.25) is 4.79 Å². The van der Waals surface area contributed by atoms with Crippen LogP contribution >= 0.6 is 12.4 Å². The standard InChI is InChI=1S/C16H20F4N2O2.ClH/c1-24-14-6-9(3-5-13(14)21)15(23)22-8-10-2-4-11(7-12(10)17)16(18,19)20;/h2,4,7,9,13-14H,3,5-6,8,21H2,1H3,(H,22,23);1H/t9-,13+,14+;/m0./s1. The number of halogens is 5. The smallest absolute Gasteiger partial charge is 0.380 e. The minimum atomic E-state index is -4.60. The molecule has 0 aromatic heterocycles. The summed E-state index contributed by atoms with van der Waals surface area (Å²) in [6.07, 6.45) is -3.09. The van der Waals surface area contributed by atoms with Crippen LogP contribution in [0.4, 0.5) is 17.6 Å². The lowest BCUT2D eigenvalue weighted by molar-refractivity contribution is -0.137. The van der Waals surface area contributed by atoms with Gasteiger partial charge in [-0.1, -0.05) is 6.07 Å². The van der Waals surface area contributed by atoms with E-state index in [2.05, 4.69) is 5.32 Å². The van der Waals surface area contributed by atoms with Gasteiger partial charge in [0.25, 0.3) is 0 Å². The van der Waals surface area contributed by atoms with Gasteiger partial charge < -0.3 is 15.8 Å². The number of carbonyl (C=O) groups is 1. The quantitative estimate of drug-likeness (QED) is 0.784. The molecule has 1 aromatic rings. The number of ether oxygens (including phenoxy) is 1. The van der Waals surface area contributed by atoms with Gasteiger partial charge in [-0.15, -0.1) is 12.4 Å². The van der Waals surface area contributed by atoms with Gasteiger partial charge in [0.2, 0.25) is 5.91 Å². The Labute approximate surface area is 149 Å². The summed E-state index contributed by atoms with van der Waals surface area (Å²) in [4.78, 5) is 12.2. The second-order valence-electron chi connectivity index (χ2n) is 5.97. The Balaban J connectivity index is 0.00000312. The molecular weight excluding hydrogens is 364 g/mol. The van der Waals surface area contributed by atoms with E-state index in [1.54, 1.807) is 0 Å². The van der Waals surface area contributed by atoms with Gasteiger partial charge >= 0.3 is 6.18 Å². The molecule has 0 heterocycles. The lowest BCUT2D eigenvalue weighted by atomic mass is 9.83. The highest BCUT2D eigenvalue weighted by Crippen LogP contribution is 2.30. The van der Waals surface area contributed by atoms with E-state index in [4.69, 9.17) is 10.5 Å². The third kappa shape index (κ3) is 5.55. The number of methoxy groups -OCH3 is 1. The van der Waals surface area contributed by atoms with E-state index in [0.29, 0.717) is 25.3 Å². The Morgan fingerprint density at radius 3 is 2.60 bits per heavy atom. The Bertz CT molecular complexity index is 598. The first-order valence-corrected chi connectivity index (χ1v) is 7.64. The predicted molar refractivity (Wildman–Crippen MR) is 86.6 cm³/mol.